The highest BCUT2D eigenvalue weighted by atomic mass is 16.3. The van der Waals surface area contributed by atoms with E-state index in [2.05, 4.69) is 147 Å². The summed E-state index contributed by atoms with van der Waals surface area (Å²) >= 11 is 0. The Morgan fingerprint density at radius 2 is 1.29 bits per heavy atom. The highest BCUT2D eigenvalue weighted by Crippen LogP contribution is 2.45. The van der Waals surface area contributed by atoms with Crippen molar-refractivity contribution in [2.75, 3.05) is 0 Å². The zero-order valence-corrected chi connectivity index (χ0v) is 32.4. The van der Waals surface area contributed by atoms with Crippen LogP contribution in [0.15, 0.2) is 173 Å². The second-order valence-electron chi connectivity index (χ2n) is 15.6. The van der Waals surface area contributed by atoms with Gasteiger partial charge in [-0.25, -0.2) is 15.0 Å². The summed E-state index contributed by atoms with van der Waals surface area (Å²) in [5.74, 6) is 1.89. The maximum atomic E-state index is 6.81. The zero-order valence-electron chi connectivity index (χ0n) is 32.4. The fourth-order valence-electron chi connectivity index (χ4n) is 8.92. The lowest BCUT2D eigenvalue weighted by Crippen LogP contribution is -2.24. The van der Waals surface area contributed by atoms with Crippen LogP contribution in [-0.2, 0) is 5.41 Å². The Morgan fingerprint density at radius 1 is 0.569 bits per heavy atom. The smallest absolute Gasteiger partial charge is 0.164 e. The van der Waals surface area contributed by atoms with E-state index in [4.69, 9.17) is 23.8 Å². The highest BCUT2D eigenvalue weighted by Gasteiger charge is 2.32. The molecular formula is C53H39N3O2. The maximum absolute atomic E-state index is 6.81. The molecule has 0 spiro atoms. The number of nitrogens with zero attached hydrogens (tertiary/aromatic N) is 3. The Morgan fingerprint density at radius 3 is 2.19 bits per heavy atom. The van der Waals surface area contributed by atoms with Crippen molar-refractivity contribution >= 4 is 60.2 Å². The number of aromatic nitrogens is 3. The third-order valence-electron chi connectivity index (χ3n) is 11.8. The molecule has 0 radical (unpaired) electrons. The third kappa shape index (κ3) is 5.49. The number of fused-ring (bicyclic) bond motifs is 9. The minimum absolute atomic E-state index is 0.121. The van der Waals surface area contributed by atoms with Gasteiger partial charge in [-0.15, -0.1) is 0 Å². The molecule has 10 aromatic rings. The molecule has 1 aliphatic carbocycles. The third-order valence-corrected chi connectivity index (χ3v) is 11.8. The van der Waals surface area contributed by atoms with Crippen LogP contribution in [0.2, 0.25) is 0 Å². The van der Waals surface area contributed by atoms with Crippen molar-refractivity contribution in [2.24, 2.45) is 0 Å². The average Bonchev–Trinajstić information content (AvgIpc) is 3.86. The highest BCUT2D eigenvalue weighted by molar-refractivity contribution is 6.20. The molecule has 5 nitrogen and oxygen atoms in total. The van der Waals surface area contributed by atoms with E-state index in [9.17, 15) is 0 Å². The number of rotatable bonds is 7. The topological polar surface area (TPSA) is 65.0 Å². The van der Waals surface area contributed by atoms with Gasteiger partial charge in [0.15, 0.2) is 17.5 Å². The molecule has 1 aliphatic rings. The molecule has 278 valence electrons. The van der Waals surface area contributed by atoms with Crippen molar-refractivity contribution in [3.63, 3.8) is 0 Å². The van der Waals surface area contributed by atoms with E-state index in [0.717, 1.165) is 96.5 Å². The van der Waals surface area contributed by atoms with Gasteiger partial charge < -0.3 is 8.83 Å². The molecule has 0 amide bonds. The molecule has 11 rings (SSSR count). The van der Waals surface area contributed by atoms with Crippen LogP contribution in [-0.4, -0.2) is 15.0 Å². The van der Waals surface area contributed by atoms with E-state index >= 15 is 0 Å². The van der Waals surface area contributed by atoms with Crippen molar-refractivity contribution in [2.45, 2.75) is 38.5 Å². The molecule has 0 fully saturated rings. The first-order valence-corrected chi connectivity index (χ1v) is 20.1. The summed E-state index contributed by atoms with van der Waals surface area (Å²) < 4.78 is 13.2. The summed E-state index contributed by atoms with van der Waals surface area (Å²) in [7, 11) is 0. The Kier molecular flexibility index (Phi) is 7.97. The summed E-state index contributed by atoms with van der Waals surface area (Å²) in [6, 6.07) is 50.6. The molecule has 1 atom stereocenters. The fraction of sp³-hybridized carbons (Fsp3) is 0.113. The number of unbranched alkanes of at least 4 members (excludes halogenated alkanes) is 1. The lowest BCUT2D eigenvalue weighted by atomic mass is 9.71. The van der Waals surface area contributed by atoms with Gasteiger partial charge in [0.25, 0.3) is 0 Å². The number of hydrogen-bond donors (Lipinski definition) is 0. The van der Waals surface area contributed by atoms with Gasteiger partial charge in [-0.2, -0.15) is 0 Å². The lowest BCUT2D eigenvalue weighted by Gasteiger charge is -2.33. The van der Waals surface area contributed by atoms with Crippen LogP contribution < -0.4 is 0 Å². The number of furan rings is 2. The van der Waals surface area contributed by atoms with Crippen molar-refractivity contribution in [1.29, 1.82) is 0 Å². The minimum Gasteiger partial charge on any atom is -0.456 e. The summed E-state index contributed by atoms with van der Waals surface area (Å²) in [5, 5.41) is 6.53. The van der Waals surface area contributed by atoms with Gasteiger partial charge in [0.05, 0.1) is 0 Å². The van der Waals surface area contributed by atoms with Crippen molar-refractivity contribution in [3.05, 3.63) is 181 Å². The number of benzene rings is 7. The van der Waals surface area contributed by atoms with Gasteiger partial charge in [-0.1, -0.05) is 148 Å². The first-order valence-electron chi connectivity index (χ1n) is 20.1. The number of hydrogen-bond acceptors (Lipinski definition) is 5. The predicted molar refractivity (Wildman–Crippen MR) is 238 cm³/mol. The summed E-state index contributed by atoms with van der Waals surface area (Å²) in [6.45, 7) is 4.55. The molecule has 3 aromatic heterocycles. The molecule has 0 saturated carbocycles. The normalized spacial score (nSPS) is 15.6. The van der Waals surface area contributed by atoms with Crippen molar-refractivity contribution in [1.82, 2.24) is 15.0 Å². The van der Waals surface area contributed by atoms with Crippen molar-refractivity contribution in [3.8, 4) is 33.9 Å². The second kappa shape index (κ2) is 13.5. The van der Waals surface area contributed by atoms with Crippen LogP contribution >= 0.6 is 0 Å². The molecule has 0 saturated heterocycles. The van der Waals surface area contributed by atoms with Crippen LogP contribution in [0.5, 0.6) is 0 Å². The maximum Gasteiger partial charge on any atom is 0.164 e. The van der Waals surface area contributed by atoms with Gasteiger partial charge in [0.2, 0.25) is 0 Å². The fourth-order valence-corrected chi connectivity index (χ4v) is 8.92. The van der Waals surface area contributed by atoms with Gasteiger partial charge >= 0.3 is 0 Å². The molecule has 5 heteroatoms. The Hall–Kier alpha value is -7.11. The Labute approximate surface area is 336 Å². The quantitative estimate of drug-likeness (QED) is 0.152. The standard InChI is InChI=1S/C53H39N3O2/c1-3-4-14-30-53(2)31-29-39(38-19-10-12-21-43(38)53)51-54-50(34-16-6-5-7-17-34)55-52(56-51)41-26-25-37(49-48(41)40-20-11-13-22-44(40)58-49)35-24-27-45-42(32-35)47-36-18-9-8-15-33(36)23-28-46(47)57-45/h5-30,32H,3-4,31H2,1-2H3/b30-14-. The minimum atomic E-state index is -0.121. The molecular weight excluding hydrogens is 711 g/mol. The van der Waals surface area contributed by atoms with E-state index in [1.54, 1.807) is 0 Å². The van der Waals surface area contributed by atoms with E-state index < -0.39 is 0 Å². The molecule has 3 heterocycles. The largest absolute Gasteiger partial charge is 0.456 e. The van der Waals surface area contributed by atoms with E-state index in [0.29, 0.717) is 17.5 Å². The first kappa shape index (κ1) is 34.2. The molecule has 1 unspecified atom stereocenters. The zero-order chi connectivity index (χ0) is 38.8. The van der Waals surface area contributed by atoms with Gasteiger partial charge in [0, 0.05) is 49.2 Å². The van der Waals surface area contributed by atoms with Crippen LogP contribution in [0.4, 0.5) is 0 Å². The molecule has 0 aliphatic heterocycles. The molecule has 0 N–H and O–H groups in total. The molecule has 0 bridgehead atoms. The molecule has 7 aromatic carbocycles. The lowest BCUT2D eigenvalue weighted by molar-refractivity contribution is 0.594. The average molecular weight is 750 g/mol. The summed E-state index contributed by atoms with van der Waals surface area (Å²) in [5.41, 5.74) is 10.5. The van der Waals surface area contributed by atoms with Crippen LogP contribution in [0.1, 0.15) is 50.1 Å². The Balaban J connectivity index is 1.12. The van der Waals surface area contributed by atoms with E-state index in [1.165, 1.54) is 16.3 Å². The van der Waals surface area contributed by atoms with Crippen LogP contribution in [0, 0.1) is 0 Å². The predicted octanol–water partition coefficient (Wildman–Crippen LogP) is 14.3. The van der Waals surface area contributed by atoms with Gasteiger partial charge in [0.1, 0.15) is 22.3 Å². The van der Waals surface area contributed by atoms with Crippen molar-refractivity contribution < 1.29 is 8.83 Å². The number of para-hydroxylation sites is 1. The van der Waals surface area contributed by atoms with Gasteiger partial charge in [-0.3, -0.25) is 0 Å². The van der Waals surface area contributed by atoms with E-state index in [1.807, 2.05) is 30.3 Å². The van der Waals surface area contributed by atoms with E-state index in [-0.39, 0.29) is 5.41 Å². The van der Waals surface area contributed by atoms with Crippen LogP contribution in [0.3, 0.4) is 0 Å². The summed E-state index contributed by atoms with van der Waals surface area (Å²) in [4.78, 5) is 15.8. The Bertz CT molecular complexity index is 3300. The van der Waals surface area contributed by atoms with Crippen LogP contribution in [0.25, 0.3) is 94.1 Å². The second-order valence-corrected chi connectivity index (χ2v) is 15.6. The van der Waals surface area contributed by atoms with Gasteiger partial charge in [-0.05, 0) is 76.7 Å². The molecule has 58 heavy (non-hydrogen) atoms. The number of allylic oxidation sites excluding steroid dienone is 3. The monoisotopic (exact) mass is 749 g/mol. The summed E-state index contributed by atoms with van der Waals surface area (Å²) in [6.07, 6.45) is 10.1. The first-order chi connectivity index (χ1) is 28.6. The SMILES string of the molecule is CCC/C=C\C1(C)CC=C(c2nc(-c3ccccc3)nc(-c3ccc(-c4ccc5oc6ccc7ccccc7c6c5c4)c4oc5ccccc5c34)n2)c2ccccc21.